The standard InChI is InChI=1S/C30H64Ge4N2O2S/c1-13-31(14-2,15-3)35(32(16-4,17-5)18-6)29-25-27-30(28-26-29)39(37,38)36(33(19-7,20-8)21-9)34(22-10,23-11)24-12/h25-28H,13-24H2,1-12H3. The summed E-state index contributed by atoms with van der Waals surface area (Å²) in [6.07, 6.45) is 0. The first-order chi connectivity index (χ1) is 18.4. The van der Waals surface area contributed by atoms with Gasteiger partial charge in [0.1, 0.15) is 0 Å². The molecule has 0 saturated carbocycles. The second kappa shape index (κ2) is 16.3. The van der Waals surface area contributed by atoms with E-state index in [1.54, 1.807) is 0 Å². The Bertz CT molecular complexity index is 883. The average Bonchev–Trinajstić information content (AvgIpc) is 2.99. The van der Waals surface area contributed by atoms with E-state index >= 15 is 0 Å². The summed E-state index contributed by atoms with van der Waals surface area (Å²) in [6, 6.07) is 8.53. The fraction of sp³-hybridized carbons (Fsp3) is 0.800. The van der Waals surface area contributed by atoms with E-state index in [-0.39, 0.29) is 0 Å². The molecule has 0 aliphatic heterocycles. The van der Waals surface area contributed by atoms with Gasteiger partial charge in [-0.2, -0.15) is 0 Å². The third kappa shape index (κ3) is 7.09. The van der Waals surface area contributed by atoms with Crippen LogP contribution in [0.2, 0.25) is 63.0 Å². The van der Waals surface area contributed by atoms with Crippen molar-refractivity contribution in [3.8, 4) is 0 Å². The van der Waals surface area contributed by atoms with Crippen molar-refractivity contribution in [2.24, 2.45) is 0 Å². The molecule has 1 aromatic carbocycles. The van der Waals surface area contributed by atoms with Crippen LogP contribution in [0.5, 0.6) is 0 Å². The Labute approximate surface area is 256 Å². The topological polar surface area (TPSA) is 40.6 Å². The van der Waals surface area contributed by atoms with Crippen molar-refractivity contribution in [1.82, 2.24) is 2.22 Å². The van der Waals surface area contributed by atoms with Gasteiger partial charge in [0.15, 0.2) is 0 Å². The predicted octanol–water partition coefficient (Wildman–Crippen LogP) is 10.5. The Hall–Kier alpha value is 1.10. The molecular weight excluding hydrogens is 743 g/mol. The molecular formula is C30H64Ge4N2O2S. The fourth-order valence-electron chi connectivity index (χ4n) is 7.75. The van der Waals surface area contributed by atoms with Gasteiger partial charge in [-0.05, 0) is 0 Å². The second-order valence-corrected chi connectivity index (χ2v) is 60.9. The van der Waals surface area contributed by atoms with Crippen LogP contribution in [0.25, 0.3) is 0 Å². The summed E-state index contributed by atoms with van der Waals surface area (Å²) in [4.78, 5) is 0.562. The van der Waals surface area contributed by atoms with Crippen LogP contribution in [-0.4, -0.2) is 64.6 Å². The van der Waals surface area contributed by atoms with Gasteiger partial charge in [0.2, 0.25) is 0 Å². The molecule has 0 N–H and O–H groups in total. The van der Waals surface area contributed by atoms with Gasteiger partial charge in [-0.25, -0.2) is 0 Å². The maximum absolute atomic E-state index is 14.8. The molecule has 228 valence electrons. The van der Waals surface area contributed by atoms with Gasteiger partial charge in [-0.1, -0.05) is 0 Å². The number of anilines is 1. The molecule has 0 aliphatic rings. The summed E-state index contributed by atoms with van der Waals surface area (Å²) in [7, 11) is -3.52. The van der Waals surface area contributed by atoms with E-state index in [0.29, 0.717) is 4.90 Å². The number of hydrogen-bond acceptors (Lipinski definition) is 3. The summed E-state index contributed by atoms with van der Waals surface area (Å²) in [5.74, 6) is 0. The first-order valence-corrected chi connectivity index (χ1v) is 39.4. The zero-order valence-corrected chi connectivity index (χ0v) is 37.1. The monoisotopic (exact) mass is 812 g/mol. The van der Waals surface area contributed by atoms with Crippen LogP contribution in [0.1, 0.15) is 83.1 Å². The van der Waals surface area contributed by atoms with Gasteiger partial charge in [-0.3, -0.25) is 0 Å². The van der Waals surface area contributed by atoms with Gasteiger partial charge in [0, 0.05) is 0 Å². The Morgan fingerprint density at radius 2 is 0.718 bits per heavy atom. The molecule has 4 nitrogen and oxygen atoms in total. The van der Waals surface area contributed by atoms with E-state index in [4.69, 9.17) is 0 Å². The van der Waals surface area contributed by atoms with E-state index in [1.807, 2.05) is 12.1 Å². The summed E-state index contributed by atoms with van der Waals surface area (Å²) in [6.45, 7) is 28.3. The van der Waals surface area contributed by atoms with Crippen LogP contribution in [0, 0.1) is 0 Å². The van der Waals surface area contributed by atoms with Crippen molar-refractivity contribution in [2.45, 2.75) is 151 Å². The third-order valence-corrected chi connectivity index (χ3v) is 82.2. The number of hydrogen-bond donors (Lipinski definition) is 0. The maximum atomic E-state index is 14.8. The molecule has 0 amide bonds. The van der Waals surface area contributed by atoms with Crippen molar-refractivity contribution in [2.75, 3.05) is 2.81 Å². The minimum absolute atomic E-state index is 0.562. The summed E-state index contributed by atoms with van der Waals surface area (Å²) < 4.78 is 35.1. The van der Waals surface area contributed by atoms with E-state index in [0.717, 1.165) is 31.5 Å². The second-order valence-electron chi connectivity index (χ2n) is 11.7. The van der Waals surface area contributed by atoms with E-state index < -0.39 is 64.0 Å². The minimum atomic E-state index is -3.52. The summed E-state index contributed by atoms with van der Waals surface area (Å²) in [5, 5.41) is 14.2. The average molecular weight is 807 g/mol. The first-order valence-electron chi connectivity index (χ1n) is 16.4. The predicted molar refractivity (Wildman–Crippen MR) is 187 cm³/mol. The molecule has 0 heterocycles. The summed E-state index contributed by atoms with van der Waals surface area (Å²) >= 11 is -10.3. The van der Waals surface area contributed by atoms with Gasteiger partial charge in [-0.15, -0.1) is 0 Å². The normalized spacial score (nSPS) is 13.8. The Kier molecular flexibility index (Phi) is 15.9. The van der Waals surface area contributed by atoms with Crippen LogP contribution in [0.15, 0.2) is 29.2 Å². The Balaban J connectivity index is 3.96. The van der Waals surface area contributed by atoms with Crippen LogP contribution >= 0.6 is 0 Å². The third-order valence-electron chi connectivity index (χ3n) is 11.3. The Morgan fingerprint density at radius 1 is 0.462 bits per heavy atom. The molecule has 0 bridgehead atoms. The molecule has 0 aromatic heterocycles. The van der Waals surface area contributed by atoms with Crippen LogP contribution in [0.3, 0.4) is 0 Å². The molecule has 0 radical (unpaired) electrons. The number of nitrogens with zero attached hydrogens (tertiary/aromatic N) is 2. The van der Waals surface area contributed by atoms with Gasteiger partial charge in [0.05, 0.1) is 0 Å². The molecule has 0 spiro atoms. The van der Waals surface area contributed by atoms with Crippen molar-refractivity contribution in [3.05, 3.63) is 24.3 Å². The van der Waals surface area contributed by atoms with Gasteiger partial charge >= 0.3 is 258 Å². The van der Waals surface area contributed by atoms with E-state index in [2.05, 4.69) is 100 Å². The SMILES string of the molecule is C[CH2][Ge]([CH2]C)([CH2]C)[N](c1ccc(S(=O)(=O)[N]([Ge]([CH2]C)([CH2]C)[CH2]C)[Ge]([CH2]C)([CH2]C)[CH2]C)cc1)[Ge]([CH2]C)([CH2]C)[CH2]C. The molecule has 39 heavy (non-hydrogen) atoms. The summed E-state index contributed by atoms with van der Waals surface area (Å²) in [5.41, 5.74) is 1.35. The molecule has 0 saturated heterocycles. The number of benzene rings is 1. The quantitative estimate of drug-likeness (QED) is 0.131. The van der Waals surface area contributed by atoms with E-state index in [9.17, 15) is 8.42 Å². The molecule has 1 aromatic rings. The number of sulfonamides is 1. The van der Waals surface area contributed by atoms with Crippen molar-refractivity contribution in [3.63, 3.8) is 0 Å². The molecule has 0 atom stereocenters. The van der Waals surface area contributed by atoms with Crippen LogP contribution < -0.4 is 2.81 Å². The van der Waals surface area contributed by atoms with Crippen molar-refractivity contribution in [1.29, 1.82) is 0 Å². The molecule has 0 fully saturated rings. The molecule has 0 unspecified atom stereocenters. The van der Waals surface area contributed by atoms with Crippen LogP contribution in [0.4, 0.5) is 5.69 Å². The fourth-order valence-corrected chi connectivity index (χ4v) is 91.2. The first kappa shape index (κ1) is 38.1. The van der Waals surface area contributed by atoms with Crippen molar-refractivity contribution >= 4 is 69.7 Å². The zero-order valence-electron chi connectivity index (χ0n) is 27.9. The van der Waals surface area contributed by atoms with Crippen LogP contribution in [-0.2, 0) is 10.0 Å². The van der Waals surface area contributed by atoms with Gasteiger partial charge < -0.3 is 0 Å². The molecule has 9 heteroatoms. The Morgan fingerprint density at radius 3 is 0.949 bits per heavy atom. The number of rotatable bonds is 19. The van der Waals surface area contributed by atoms with Crippen molar-refractivity contribution < 1.29 is 8.42 Å². The van der Waals surface area contributed by atoms with E-state index in [1.165, 1.54) is 37.2 Å². The molecule has 0 aliphatic carbocycles. The molecule has 1 rings (SSSR count). The zero-order chi connectivity index (χ0) is 30.1. The van der Waals surface area contributed by atoms with Gasteiger partial charge in [0.25, 0.3) is 0 Å².